The zero-order valence-corrected chi connectivity index (χ0v) is 13.4. The minimum atomic E-state index is -3.43. The first-order valence-electron chi connectivity index (χ1n) is 5.91. The summed E-state index contributed by atoms with van der Waals surface area (Å²) in [6, 6.07) is 3.79. The lowest BCUT2D eigenvalue weighted by molar-refractivity contribution is 0.353. The van der Waals surface area contributed by atoms with Gasteiger partial charge in [-0.1, -0.05) is 0 Å². The first-order valence-corrected chi connectivity index (χ1v) is 8.85. The fourth-order valence-electron chi connectivity index (χ4n) is 1.67. The number of hydrogen-bond donors (Lipinski definition) is 2. The number of methoxy groups -OCH3 is 2. The number of ether oxygens (including phenoxy) is 2. The maximum Gasteiger partial charge on any atom is 0.210 e. The summed E-state index contributed by atoms with van der Waals surface area (Å²) in [5, 5.41) is 8.00. The number of nitrogens with one attached hydrogen (secondary N) is 1. The topological polar surface area (TPSA) is 90.6 Å². The van der Waals surface area contributed by atoms with E-state index in [1.807, 2.05) is 18.4 Å². The maximum absolute atomic E-state index is 10.8. The summed E-state index contributed by atoms with van der Waals surface area (Å²) in [6.07, 6.45) is 1.97. The second-order valence-electron chi connectivity index (χ2n) is 4.06. The van der Waals surface area contributed by atoms with Gasteiger partial charge in [-0.15, -0.1) is 11.8 Å². The van der Waals surface area contributed by atoms with Crippen molar-refractivity contribution in [2.24, 2.45) is 5.14 Å². The van der Waals surface area contributed by atoms with Gasteiger partial charge in [-0.05, 0) is 24.0 Å². The van der Waals surface area contributed by atoms with Crippen molar-refractivity contribution in [3.8, 4) is 11.5 Å². The largest absolute Gasteiger partial charge is 0.493 e. The van der Waals surface area contributed by atoms with Gasteiger partial charge < -0.3 is 14.8 Å². The van der Waals surface area contributed by atoms with Crippen LogP contribution in [0.1, 0.15) is 5.56 Å². The lowest BCUT2D eigenvalue weighted by atomic mass is 10.2. The molecule has 0 aliphatic heterocycles. The van der Waals surface area contributed by atoms with Gasteiger partial charge in [0.25, 0.3) is 0 Å². The van der Waals surface area contributed by atoms with Gasteiger partial charge in [-0.25, -0.2) is 13.6 Å². The third kappa shape index (κ3) is 5.20. The third-order valence-corrected chi connectivity index (χ3v) is 4.26. The van der Waals surface area contributed by atoms with Crippen molar-refractivity contribution < 1.29 is 17.9 Å². The normalized spacial score (nSPS) is 11.4. The highest BCUT2D eigenvalue weighted by molar-refractivity contribution is 7.98. The molecular weight excluding hydrogens is 300 g/mol. The molecule has 0 saturated carbocycles. The predicted octanol–water partition coefficient (Wildman–Crippen LogP) is 0.804. The molecule has 0 aliphatic rings. The Balaban J connectivity index is 2.78. The fraction of sp³-hybridized carbons (Fsp3) is 0.500. The molecule has 0 amide bonds. The molecule has 20 heavy (non-hydrogen) atoms. The molecule has 0 aromatic heterocycles. The lowest BCUT2D eigenvalue weighted by Crippen LogP contribution is -2.27. The molecule has 0 unspecified atom stereocenters. The molecule has 0 bridgehead atoms. The SMILES string of the molecule is COc1cc(CNCCS(N)(=O)=O)c(SC)cc1OC. The van der Waals surface area contributed by atoms with Crippen LogP contribution >= 0.6 is 11.8 Å². The van der Waals surface area contributed by atoms with Gasteiger partial charge in [-0.2, -0.15) is 0 Å². The molecule has 0 atom stereocenters. The zero-order valence-electron chi connectivity index (χ0n) is 11.8. The molecule has 0 spiro atoms. The second kappa shape index (κ2) is 7.72. The summed E-state index contributed by atoms with van der Waals surface area (Å²) in [5.41, 5.74) is 1.02. The van der Waals surface area contributed by atoms with E-state index in [-0.39, 0.29) is 5.75 Å². The summed E-state index contributed by atoms with van der Waals surface area (Å²) in [6.45, 7) is 0.840. The van der Waals surface area contributed by atoms with Crippen LogP contribution in [0, 0.1) is 0 Å². The molecule has 114 valence electrons. The van der Waals surface area contributed by atoms with Gasteiger partial charge in [0.15, 0.2) is 11.5 Å². The van der Waals surface area contributed by atoms with Crippen molar-refractivity contribution in [2.45, 2.75) is 11.4 Å². The summed E-state index contributed by atoms with van der Waals surface area (Å²) in [7, 11) is -0.263. The Bertz CT molecular complexity index is 547. The van der Waals surface area contributed by atoms with E-state index in [0.717, 1.165) is 10.5 Å². The number of hydrogen-bond acceptors (Lipinski definition) is 6. The van der Waals surface area contributed by atoms with Gasteiger partial charge in [0.2, 0.25) is 10.0 Å². The first kappa shape index (κ1) is 17.1. The van der Waals surface area contributed by atoms with E-state index < -0.39 is 10.0 Å². The summed E-state index contributed by atoms with van der Waals surface area (Å²) in [5.74, 6) is 1.23. The third-order valence-electron chi connectivity index (χ3n) is 2.67. The Morgan fingerprint density at radius 2 is 1.85 bits per heavy atom. The van der Waals surface area contributed by atoms with Crippen molar-refractivity contribution in [1.82, 2.24) is 5.32 Å². The maximum atomic E-state index is 10.8. The van der Waals surface area contributed by atoms with Gasteiger partial charge in [0.05, 0.1) is 20.0 Å². The highest BCUT2D eigenvalue weighted by Gasteiger charge is 2.10. The molecule has 0 radical (unpaired) electrons. The van der Waals surface area contributed by atoms with Crippen LogP contribution in [0.25, 0.3) is 0 Å². The summed E-state index contributed by atoms with van der Waals surface area (Å²) in [4.78, 5) is 1.05. The Morgan fingerprint density at radius 1 is 1.25 bits per heavy atom. The summed E-state index contributed by atoms with van der Waals surface area (Å²) >= 11 is 1.59. The van der Waals surface area contributed by atoms with Crippen LogP contribution in [0.5, 0.6) is 11.5 Å². The average Bonchev–Trinajstić information content (AvgIpc) is 2.41. The van der Waals surface area contributed by atoms with Gasteiger partial charge in [0, 0.05) is 18.0 Å². The minimum absolute atomic E-state index is 0.0884. The molecule has 0 saturated heterocycles. The standard InChI is InChI=1S/C12H20N2O4S2/c1-17-10-6-9(8-14-4-5-20(13,15)16)12(19-3)7-11(10)18-2/h6-7,14H,4-5,8H2,1-3H3,(H2,13,15,16). The van der Waals surface area contributed by atoms with Crippen LogP contribution in [0.2, 0.25) is 0 Å². The van der Waals surface area contributed by atoms with E-state index in [4.69, 9.17) is 14.6 Å². The Labute approximate surface area is 124 Å². The second-order valence-corrected chi connectivity index (χ2v) is 6.64. The zero-order chi connectivity index (χ0) is 15.2. The molecule has 6 nitrogen and oxygen atoms in total. The van der Waals surface area contributed by atoms with Crippen LogP contribution in [-0.4, -0.2) is 41.2 Å². The Morgan fingerprint density at radius 3 is 2.35 bits per heavy atom. The Hall–Kier alpha value is -0.960. The molecule has 1 aromatic carbocycles. The number of rotatable bonds is 8. The molecular formula is C12H20N2O4S2. The van der Waals surface area contributed by atoms with E-state index in [2.05, 4.69) is 5.32 Å². The van der Waals surface area contributed by atoms with Crippen molar-refractivity contribution in [1.29, 1.82) is 0 Å². The Kier molecular flexibility index (Phi) is 6.60. The van der Waals surface area contributed by atoms with Gasteiger partial charge >= 0.3 is 0 Å². The minimum Gasteiger partial charge on any atom is -0.493 e. The predicted molar refractivity (Wildman–Crippen MR) is 81.0 cm³/mol. The molecule has 8 heteroatoms. The smallest absolute Gasteiger partial charge is 0.210 e. The van der Waals surface area contributed by atoms with Crippen LogP contribution in [0.15, 0.2) is 17.0 Å². The average molecular weight is 320 g/mol. The van der Waals surface area contributed by atoms with Gasteiger partial charge in [-0.3, -0.25) is 0 Å². The number of primary sulfonamides is 1. The van der Waals surface area contributed by atoms with Crippen LogP contribution in [0.3, 0.4) is 0 Å². The quantitative estimate of drug-likeness (QED) is 0.544. The summed E-state index contributed by atoms with van der Waals surface area (Å²) < 4.78 is 32.2. The van der Waals surface area contributed by atoms with E-state index in [1.54, 1.807) is 26.0 Å². The molecule has 0 heterocycles. The number of benzene rings is 1. The monoisotopic (exact) mass is 320 g/mol. The molecule has 1 aromatic rings. The van der Waals surface area contributed by atoms with Crippen LogP contribution in [0.4, 0.5) is 0 Å². The molecule has 0 fully saturated rings. The number of thioether (sulfide) groups is 1. The van der Waals surface area contributed by atoms with Crippen molar-refractivity contribution in [3.05, 3.63) is 17.7 Å². The highest BCUT2D eigenvalue weighted by Crippen LogP contribution is 2.34. The highest BCUT2D eigenvalue weighted by atomic mass is 32.2. The van der Waals surface area contributed by atoms with Gasteiger partial charge in [0.1, 0.15) is 0 Å². The van der Waals surface area contributed by atoms with E-state index in [9.17, 15) is 8.42 Å². The number of sulfonamides is 1. The molecule has 1 rings (SSSR count). The lowest BCUT2D eigenvalue weighted by Gasteiger charge is -2.14. The van der Waals surface area contributed by atoms with Crippen LogP contribution in [-0.2, 0) is 16.6 Å². The van der Waals surface area contributed by atoms with Crippen molar-refractivity contribution in [2.75, 3.05) is 32.8 Å². The first-order chi connectivity index (χ1) is 9.41. The number of nitrogens with two attached hydrogens (primary N) is 1. The van der Waals surface area contributed by atoms with Crippen LogP contribution < -0.4 is 19.9 Å². The van der Waals surface area contributed by atoms with E-state index in [0.29, 0.717) is 24.6 Å². The molecule has 3 N–H and O–H groups in total. The van der Waals surface area contributed by atoms with Crippen molar-refractivity contribution in [3.63, 3.8) is 0 Å². The van der Waals surface area contributed by atoms with E-state index >= 15 is 0 Å². The van der Waals surface area contributed by atoms with Crippen molar-refractivity contribution >= 4 is 21.8 Å². The molecule has 0 aliphatic carbocycles. The fourth-order valence-corrected chi connectivity index (χ4v) is 2.72. The van der Waals surface area contributed by atoms with E-state index in [1.165, 1.54) is 0 Å².